The molecule has 1 aliphatic rings. The molecule has 1 unspecified atom stereocenters. The van der Waals surface area contributed by atoms with Gasteiger partial charge >= 0.3 is 0 Å². The third-order valence-corrected chi connectivity index (χ3v) is 4.17. The number of β-amino-alcohol motifs (C(OH)–C–C–N with tert-alkyl or cyclic N) is 1. The van der Waals surface area contributed by atoms with E-state index in [1.165, 1.54) is 0 Å². The SMILES string of the molecule is CCC(C)n1ccc(CN2CCN(CC(C)(C)O)CC2)n1. The fourth-order valence-corrected chi connectivity index (χ4v) is 2.78. The molecular formula is C16H30N4O. The van der Waals surface area contributed by atoms with Crippen molar-refractivity contribution >= 4 is 0 Å². The smallest absolute Gasteiger partial charge is 0.0764 e. The van der Waals surface area contributed by atoms with Crippen LogP contribution in [0.25, 0.3) is 0 Å². The van der Waals surface area contributed by atoms with Gasteiger partial charge in [-0.25, -0.2) is 0 Å². The summed E-state index contributed by atoms with van der Waals surface area (Å²) in [5.41, 5.74) is 0.559. The molecule has 0 spiro atoms. The molecule has 2 rings (SSSR count). The van der Waals surface area contributed by atoms with E-state index in [2.05, 4.69) is 45.7 Å². The van der Waals surface area contributed by atoms with Crippen LogP contribution < -0.4 is 0 Å². The molecule has 5 heteroatoms. The van der Waals surface area contributed by atoms with Crippen molar-refractivity contribution in [3.05, 3.63) is 18.0 Å². The van der Waals surface area contributed by atoms with Crippen LogP contribution >= 0.6 is 0 Å². The molecular weight excluding hydrogens is 264 g/mol. The topological polar surface area (TPSA) is 44.5 Å². The Morgan fingerprint density at radius 1 is 1.24 bits per heavy atom. The Labute approximate surface area is 128 Å². The van der Waals surface area contributed by atoms with Gasteiger partial charge in [0, 0.05) is 51.5 Å². The van der Waals surface area contributed by atoms with Crippen LogP contribution in [0.5, 0.6) is 0 Å². The highest BCUT2D eigenvalue weighted by Crippen LogP contribution is 2.13. The summed E-state index contributed by atoms with van der Waals surface area (Å²) >= 11 is 0. The lowest BCUT2D eigenvalue weighted by atomic mass is 10.1. The molecule has 2 heterocycles. The van der Waals surface area contributed by atoms with E-state index in [0.29, 0.717) is 6.04 Å². The van der Waals surface area contributed by atoms with Crippen molar-refractivity contribution < 1.29 is 5.11 Å². The Kier molecular flexibility index (Phi) is 5.41. The Bertz CT molecular complexity index is 430. The number of rotatable bonds is 6. The molecule has 1 fully saturated rings. The first kappa shape index (κ1) is 16.5. The minimum Gasteiger partial charge on any atom is -0.389 e. The van der Waals surface area contributed by atoms with E-state index in [0.717, 1.165) is 51.4 Å². The highest BCUT2D eigenvalue weighted by Gasteiger charge is 2.23. The van der Waals surface area contributed by atoms with E-state index in [1.807, 2.05) is 13.8 Å². The van der Waals surface area contributed by atoms with Crippen molar-refractivity contribution in [1.29, 1.82) is 0 Å². The van der Waals surface area contributed by atoms with Gasteiger partial charge in [0.05, 0.1) is 11.3 Å². The molecule has 1 aliphatic heterocycles. The number of nitrogens with zero attached hydrogens (tertiary/aromatic N) is 4. The van der Waals surface area contributed by atoms with Crippen molar-refractivity contribution in [2.45, 2.75) is 52.3 Å². The number of hydrogen-bond donors (Lipinski definition) is 1. The maximum absolute atomic E-state index is 9.88. The van der Waals surface area contributed by atoms with E-state index in [1.54, 1.807) is 0 Å². The number of piperazine rings is 1. The van der Waals surface area contributed by atoms with Gasteiger partial charge in [-0.1, -0.05) is 6.92 Å². The van der Waals surface area contributed by atoms with Crippen LogP contribution in [0.15, 0.2) is 12.3 Å². The first-order chi connectivity index (χ1) is 9.87. The van der Waals surface area contributed by atoms with Crippen molar-refractivity contribution in [2.24, 2.45) is 0 Å². The molecule has 21 heavy (non-hydrogen) atoms. The predicted molar refractivity (Wildman–Crippen MR) is 85.2 cm³/mol. The molecule has 0 aliphatic carbocycles. The summed E-state index contributed by atoms with van der Waals surface area (Å²) in [5.74, 6) is 0. The molecule has 0 saturated carbocycles. The second-order valence-electron chi connectivity index (χ2n) is 6.91. The summed E-state index contributed by atoms with van der Waals surface area (Å²) in [6.07, 6.45) is 3.20. The maximum atomic E-state index is 9.88. The lowest BCUT2D eigenvalue weighted by Gasteiger charge is -2.37. The first-order valence-corrected chi connectivity index (χ1v) is 8.08. The van der Waals surface area contributed by atoms with E-state index < -0.39 is 5.60 Å². The van der Waals surface area contributed by atoms with Crippen LogP contribution in [0, 0.1) is 0 Å². The van der Waals surface area contributed by atoms with Crippen molar-refractivity contribution in [1.82, 2.24) is 19.6 Å². The van der Waals surface area contributed by atoms with E-state index in [-0.39, 0.29) is 0 Å². The molecule has 0 amide bonds. The zero-order valence-corrected chi connectivity index (χ0v) is 13.9. The third-order valence-electron chi connectivity index (χ3n) is 4.17. The predicted octanol–water partition coefficient (Wildman–Crippen LogP) is 1.74. The molecule has 5 nitrogen and oxygen atoms in total. The van der Waals surface area contributed by atoms with Gasteiger partial charge in [0.2, 0.25) is 0 Å². The highest BCUT2D eigenvalue weighted by molar-refractivity contribution is 5.00. The van der Waals surface area contributed by atoms with Gasteiger partial charge in [0.25, 0.3) is 0 Å². The number of aromatic nitrogens is 2. The van der Waals surface area contributed by atoms with Gasteiger partial charge in [-0.3, -0.25) is 14.5 Å². The summed E-state index contributed by atoms with van der Waals surface area (Å²) < 4.78 is 2.07. The Morgan fingerprint density at radius 2 is 1.86 bits per heavy atom. The van der Waals surface area contributed by atoms with E-state index in [4.69, 9.17) is 0 Å². The van der Waals surface area contributed by atoms with Crippen molar-refractivity contribution in [2.75, 3.05) is 32.7 Å². The van der Waals surface area contributed by atoms with Crippen LogP contribution in [-0.2, 0) is 6.54 Å². The molecule has 1 saturated heterocycles. The van der Waals surface area contributed by atoms with Gasteiger partial charge in [0.1, 0.15) is 0 Å². The molecule has 1 N–H and O–H groups in total. The second-order valence-corrected chi connectivity index (χ2v) is 6.91. The quantitative estimate of drug-likeness (QED) is 0.868. The zero-order valence-electron chi connectivity index (χ0n) is 13.9. The summed E-state index contributed by atoms with van der Waals surface area (Å²) in [5, 5.41) is 14.6. The standard InChI is InChI=1S/C16H30N4O/c1-5-14(2)20-7-6-15(17-20)12-18-8-10-19(11-9-18)13-16(3,4)21/h6-7,14,21H,5,8-13H2,1-4H3. The minimum atomic E-state index is -0.600. The van der Waals surface area contributed by atoms with Crippen LogP contribution in [0.4, 0.5) is 0 Å². The Hall–Kier alpha value is -0.910. The zero-order chi connectivity index (χ0) is 15.5. The number of hydrogen-bond acceptors (Lipinski definition) is 4. The van der Waals surface area contributed by atoms with Crippen molar-refractivity contribution in [3.8, 4) is 0 Å². The average Bonchev–Trinajstić information content (AvgIpc) is 2.87. The molecule has 0 bridgehead atoms. The monoisotopic (exact) mass is 294 g/mol. The van der Waals surface area contributed by atoms with Crippen LogP contribution in [-0.4, -0.2) is 63.0 Å². The minimum absolute atomic E-state index is 0.474. The highest BCUT2D eigenvalue weighted by atomic mass is 16.3. The van der Waals surface area contributed by atoms with Gasteiger partial charge in [-0.05, 0) is 33.3 Å². The lowest BCUT2D eigenvalue weighted by Crippen LogP contribution is -2.50. The fraction of sp³-hybridized carbons (Fsp3) is 0.812. The molecule has 120 valence electrons. The molecule has 1 aromatic heterocycles. The van der Waals surface area contributed by atoms with Crippen LogP contribution in [0.3, 0.4) is 0 Å². The van der Waals surface area contributed by atoms with Gasteiger partial charge in [0.15, 0.2) is 0 Å². The van der Waals surface area contributed by atoms with Gasteiger partial charge in [-0.2, -0.15) is 5.10 Å². The van der Waals surface area contributed by atoms with Crippen LogP contribution in [0.2, 0.25) is 0 Å². The molecule has 1 atom stereocenters. The Balaban J connectivity index is 1.79. The number of aliphatic hydroxyl groups is 1. The lowest BCUT2D eigenvalue weighted by molar-refractivity contribution is 0.0165. The molecule has 1 aromatic rings. The molecule has 0 radical (unpaired) electrons. The normalized spacial score (nSPS) is 19.9. The van der Waals surface area contributed by atoms with E-state index >= 15 is 0 Å². The fourth-order valence-electron chi connectivity index (χ4n) is 2.78. The average molecular weight is 294 g/mol. The Morgan fingerprint density at radius 3 is 2.43 bits per heavy atom. The van der Waals surface area contributed by atoms with Gasteiger partial charge in [-0.15, -0.1) is 0 Å². The third kappa shape index (κ3) is 5.09. The largest absolute Gasteiger partial charge is 0.389 e. The summed E-state index contributed by atoms with van der Waals surface area (Å²) in [6, 6.07) is 2.61. The van der Waals surface area contributed by atoms with Crippen LogP contribution in [0.1, 0.15) is 45.9 Å². The summed E-state index contributed by atoms with van der Waals surface area (Å²) in [7, 11) is 0. The molecule has 0 aromatic carbocycles. The maximum Gasteiger partial charge on any atom is 0.0764 e. The summed E-state index contributed by atoms with van der Waals surface area (Å²) in [6.45, 7) is 14.0. The summed E-state index contributed by atoms with van der Waals surface area (Å²) in [4.78, 5) is 4.79. The van der Waals surface area contributed by atoms with E-state index in [9.17, 15) is 5.11 Å². The van der Waals surface area contributed by atoms with Crippen molar-refractivity contribution in [3.63, 3.8) is 0 Å². The second kappa shape index (κ2) is 6.90. The first-order valence-electron chi connectivity index (χ1n) is 8.08. The van der Waals surface area contributed by atoms with Gasteiger partial charge < -0.3 is 5.11 Å².